The standard InChI is InChI=1S/C21H35O4/c1-2-3-4-5-6-7-17-8-12-20(13-9-17)25-21(23)18-10-14-19(15-11-18)24-16-22/h17-20H,2-15H2,1H3/q-1. The van der Waals surface area contributed by atoms with Crippen LogP contribution in [0.25, 0.3) is 0 Å². The Morgan fingerprint density at radius 1 is 0.880 bits per heavy atom. The van der Waals surface area contributed by atoms with E-state index in [9.17, 15) is 9.59 Å². The van der Waals surface area contributed by atoms with E-state index < -0.39 is 0 Å². The molecule has 0 amide bonds. The Kier molecular flexibility index (Phi) is 9.35. The van der Waals surface area contributed by atoms with Crippen LogP contribution in [0.15, 0.2) is 0 Å². The first-order valence-corrected chi connectivity index (χ1v) is 10.5. The lowest BCUT2D eigenvalue weighted by molar-refractivity contribution is -0.157. The van der Waals surface area contributed by atoms with E-state index in [0.717, 1.165) is 44.4 Å². The maximum atomic E-state index is 12.3. The molecule has 0 saturated heterocycles. The molecule has 0 aromatic carbocycles. The van der Waals surface area contributed by atoms with Gasteiger partial charge in [-0.05, 0) is 57.3 Å². The molecule has 0 bridgehead atoms. The fraction of sp³-hybridized carbons (Fsp3) is 0.905. The lowest BCUT2D eigenvalue weighted by Crippen LogP contribution is -2.31. The van der Waals surface area contributed by atoms with Gasteiger partial charge in [0, 0.05) is 0 Å². The van der Waals surface area contributed by atoms with Crippen LogP contribution >= 0.6 is 0 Å². The summed E-state index contributed by atoms with van der Waals surface area (Å²) in [6.07, 6.45) is 15.7. The molecule has 0 heterocycles. The second-order valence-corrected chi connectivity index (χ2v) is 7.96. The van der Waals surface area contributed by atoms with E-state index in [1.807, 2.05) is 0 Å². The number of hydrogen-bond donors (Lipinski definition) is 0. The Bertz CT molecular complexity index is 379. The molecule has 0 atom stereocenters. The summed E-state index contributed by atoms with van der Waals surface area (Å²) in [5, 5.41) is 0. The monoisotopic (exact) mass is 351 g/mol. The van der Waals surface area contributed by atoms with Crippen molar-refractivity contribution < 1.29 is 19.1 Å². The van der Waals surface area contributed by atoms with Crippen molar-refractivity contribution in [2.45, 2.75) is 109 Å². The smallest absolute Gasteiger partial charge is 0.309 e. The van der Waals surface area contributed by atoms with Gasteiger partial charge in [-0.25, -0.2) is 0 Å². The molecule has 4 heteroatoms. The van der Waals surface area contributed by atoms with Gasteiger partial charge in [-0.2, -0.15) is 0 Å². The fourth-order valence-electron chi connectivity index (χ4n) is 4.32. The van der Waals surface area contributed by atoms with Crippen LogP contribution in [0.4, 0.5) is 0 Å². The number of rotatable bonds is 10. The highest BCUT2D eigenvalue weighted by atomic mass is 16.5. The van der Waals surface area contributed by atoms with Gasteiger partial charge in [-0.15, -0.1) is 0 Å². The maximum Gasteiger partial charge on any atom is 0.309 e. The van der Waals surface area contributed by atoms with Gasteiger partial charge in [0.1, 0.15) is 6.10 Å². The van der Waals surface area contributed by atoms with E-state index in [0.29, 0.717) is 0 Å². The quantitative estimate of drug-likeness (QED) is 0.312. The molecule has 2 aliphatic carbocycles. The minimum absolute atomic E-state index is 0.0113. The predicted molar refractivity (Wildman–Crippen MR) is 97.7 cm³/mol. The molecule has 2 aliphatic rings. The highest BCUT2D eigenvalue weighted by Gasteiger charge is 2.30. The SMILES string of the molecule is CCCCCCCC1CCC(OC(=O)C2CCC(O[C-]=O)CC2)CC1. The van der Waals surface area contributed by atoms with Gasteiger partial charge in [0.25, 0.3) is 0 Å². The maximum absolute atomic E-state index is 12.3. The molecule has 0 N–H and O–H groups in total. The Morgan fingerprint density at radius 3 is 2.16 bits per heavy atom. The summed E-state index contributed by atoms with van der Waals surface area (Å²) in [5.74, 6) is 0.795. The van der Waals surface area contributed by atoms with Crippen molar-refractivity contribution in [3.8, 4) is 0 Å². The zero-order chi connectivity index (χ0) is 17.9. The molecule has 25 heavy (non-hydrogen) atoms. The lowest BCUT2D eigenvalue weighted by Gasteiger charge is -2.32. The zero-order valence-electron chi connectivity index (χ0n) is 15.8. The highest BCUT2D eigenvalue weighted by molar-refractivity contribution is 5.72. The van der Waals surface area contributed by atoms with Crippen LogP contribution in [-0.2, 0) is 19.1 Å². The van der Waals surface area contributed by atoms with Crippen LogP contribution in [0.3, 0.4) is 0 Å². The molecule has 2 fully saturated rings. The molecule has 2 rings (SSSR count). The first-order chi connectivity index (χ1) is 12.2. The van der Waals surface area contributed by atoms with Crippen LogP contribution in [0.1, 0.15) is 96.8 Å². The van der Waals surface area contributed by atoms with Crippen molar-refractivity contribution >= 4 is 12.4 Å². The summed E-state index contributed by atoms with van der Waals surface area (Å²) in [7, 11) is 0. The first kappa shape index (κ1) is 20.3. The van der Waals surface area contributed by atoms with Gasteiger partial charge >= 0.3 is 5.97 Å². The van der Waals surface area contributed by atoms with Crippen molar-refractivity contribution in [2.75, 3.05) is 0 Å². The average Bonchev–Trinajstić information content (AvgIpc) is 2.64. The van der Waals surface area contributed by atoms with Crippen LogP contribution in [-0.4, -0.2) is 24.6 Å². The topological polar surface area (TPSA) is 52.6 Å². The molecule has 4 nitrogen and oxygen atoms in total. The van der Waals surface area contributed by atoms with Crippen LogP contribution < -0.4 is 0 Å². The lowest BCUT2D eigenvalue weighted by atomic mass is 9.83. The first-order valence-electron chi connectivity index (χ1n) is 10.5. The average molecular weight is 352 g/mol. The van der Waals surface area contributed by atoms with Crippen LogP contribution in [0, 0.1) is 11.8 Å². The molecule has 0 unspecified atom stereocenters. The second kappa shape index (κ2) is 11.5. The van der Waals surface area contributed by atoms with Crippen molar-refractivity contribution in [3.63, 3.8) is 0 Å². The molecule has 0 aromatic rings. The van der Waals surface area contributed by atoms with Gasteiger partial charge in [0.05, 0.1) is 12.0 Å². The Morgan fingerprint density at radius 2 is 1.52 bits per heavy atom. The molecular weight excluding hydrogens is 316 g/mol. The predicted octanol–water partition coefficient (Wildman–Crippen LogP) is 5.09. The molecule has 0 aliphatic heterocycles. The van der Waals surface area contributed by atoms with E-state index in [-0.39, 0.29) is 24.1 Å². The summed E-state index contributed by atoms with van der Waals surface area (Å²) < 4.78 is 10.6. The summed E-state index contributed by atoms with van der Waals surface area (Å²) in [4.78, 5) is 22.6. The molecule has 0 aromatic heterocycles. The minimum Gasteiger partial charge on any atom is -0.651 e. The van der Waals surface area contributed by atoms with Crippen LogP contribution in [0.5, 0.6) is 0 Å². The van der Waals surface area contributed by atoms with Crippen molar-refractivity contribution in [3.05, 3.63) is 0 Å². The Labute approximate surface area is 153 Å². The molecular formula is C21H35O4-. The number of carbonyl (C=O) groups is 1. The van der Waals surface area contributed by atoms with E-state index in [1.54, 1.807) is 0 Å². The molecule has 0 spiro atoms. The fourth-order valence-corrected chi connectivity index (χ4v) is 4.32. The second-order valence-electron chi connectivity index (χ2n) is 7.96. The van der Waals surface area contributed by atoms with Crippen molar-refractivity contribution in [1.82, 2.24) is 0 Å². The summed E-state index contributed by atoms with van der Waals surface area (Å²) in [6.45, 7) is 3.77. The number of carbonyl (C=O) groups excluding carboxylic acids is 2. The Hall–Kier alpha value is -1.06. The minimum atomic E-state index is -0.0608. The third-order valence-electron chi connectivity index (χ3n) is 6.01. The van der Waals surface area contributed by atoms with Gasteiger partial charge in [-0.3, -0.25) is 4.79 Å². The normalized spacial score (nSPS) is 29.8. The largest absolute Gasteiger partial charge is 0.651 e. The zero-order valence-corrected chi connectivity index (χ0v) is 15.8. The third kappa shape index (κ3) is 7.37. The van der Waals surface area contributed by atoms with Crippen molar-refractivity contribution in [2.24, 2.45) is 11.8 Å². The number of ether oxygens (including phenoxy) is 2. The summed E-state index contributed by atoms with van der Waals surface area (Å²) in [6, 6.07) is 0. The third-order valence-corrected chi connectivity index (χ3v) is 6.01. The van der Waals surface area contributed by atoms with E-state index in [1.165, 1.54) is 57.8 Å². The number of unbranched alkanes of at least 4 members (excludes halogenated alkanes) is 4. The van der Waals surface area contributed by atoms with Gasteiger partial charge in [0.2, 0.25) is 0 Å². The molecule has 144 valence electrons. The van der Waals surface area contributed by atoms with Gasteiger partial charge in [0.15, 0.2) is 0 Å². The van der Waals surface area contributed by atoms with E-state index >= 15 is 0 Å². The number of esters is 1. The highest BCUT2D eigenvalue weighted by Crippen LogP contribution is 2.32. The van der Waals surface area contributed by atoms with E-state index in [4.69, 9.17) is 9.47 Å². The van der Waals surface area contributed by atoms with Gasteiger partial charge < -0.3 is 14.3 Å². The number of hydrogen-bond acceptors (Lipinski definition) is 4. The van der Waals surface area contributed by atoms with Crippen LogP contribution in [0.2, 0.25) is 0 Å². The molecule has 2 saturated carbocycles. The molecule has 0 radical (unpaired) electrons. The Balaban J connectivity index is 1.57. The van der Waals surface area contributed by atoms with Gasteiger partial charge in [-0.1, -0.05) is 51.9 Å². The van der Waals surface area contributed by atoms with E-state index in [2.05, 4.69) is 6.92 Å². The summed E-state index contributed by atoms with van der Waals surface area (Å²) >= 11 is 0. The summed E-state index contributed by atoms with van der Waals surface area (Å²) in [5.41, 5.74) is 0. The van der Waals surface area contributed by atoms with Crippen molar-refractivity contribution in [1.29, 1.82) is 0 Å².